The number of rotatable bonds is 5. The van der Waals surface area contributed by atoms with Gasteiger partial charge in [0.2, 0.25) is 0 Å². The van der Waals surface area contributed by atoms with E-state index in [2.05, 4.69) is 31.2 Å². The molecule has 1 N–H and O–H groups in total. The van der Waals surface area contributed by atoms with E-state index in [0.29, 0.717) is 6.42 Å². The number of aliphatic hydroxyl groups excluding tert-OH is 1. The Kier molecular flexibility index (Phi) is 6.09. The first-order chi connectivity index (χ1) is 14.0. The van der Waals surface area contributed by atoms with E-state index in [4.69, 9.17) is 4.74 Å². The van der Waals surface area contributed by atoms with Crippen molar-refractivity contribution in [3.8, 4) is 10.4 Å². The van der Waals surface area contributed by atoms with E-state index in [1.807, 2.05) is 6.07 Å². The molecule has 0 amide bonds. The molecule has 2 aromatic carbocycles. The lowest BCUT2D eigenvalue weighted by molar-refractivity contribution is -0.0974. The molecule has 2 heterocycles. The standard InChI is InChI=1S/C24H24F2O2S/c1-15-2-3-17(23-13-20(26)12-21(14-27)28-23)10-18(15)11-22-8-9-24(29-22)16-4-6-19(25)7-5-16/h2-10,20-21,23,27H,11-14H2,1H3/t20-,21-,23+/m0/s1. The molecular formula is C24H24F2O2S. The van der Waals surface area contributed by atoms with Gasteiger partial charge in [-0.15, -0.1) is 11.3 Å². The molecule has 1 aromatic heterocycles. The maximum atomic E-state index is 14.1. The first-order valence-corrected chi connectivity index (χ1v) is 10.7. The second-order valence-corrected chi connectivity index (χ2v) is 8.80. The van der Waals surface area contributed by atoms with E-state index in [1.165, 1.54) is 28.1 Å². The van der Waals surface area contributed by atoms with Crippen molar-refractivity contribution in [2.24, 2.45) is 0 Å². The van der Waals surface area contributed by atoms with Gasteiger partial charge in [0.25, 0.3) is 0 Å². The van der Waals surface area contributed by atoms with Gasteiger partial charge >= 0.3 is 0 Å². The van der Waals surface area contributed by atoms with Crippen LogP contribution >= 0.6 is 11.3 Å². The predicted octanol–water partition coefficient (Wildman–Crippen LogP) is 6.00. The number of alkyl halides is 1. The topological polar surface area (TPSA) is 29.5 Å². The first kappa shape index (κ1) is 20.2. The Bertz CT molecular complexity index is 967. The van der Waals surface area contributed by atoms with Crippen LogP contribution < -0.4 is 0 Å². The third-order valence-electron chi connectivity index (χ3n) is 5.45. The monoisotopic (exact) mass is 414 g/mol. The molecule has 4 rings (SSSR count). The van der Waals surface area contributed by atoms with Crippen molar-refractivity contribution in [1.29, 1.82) is 0 Å². The third kappa shape index (κ3) is 4.74. The Hall–Kier alpha value is -2.08. The van der Waals surface area contributed by atoms with Crippen molar-refractivity contribution in [2.45, 2.75) is 44.6 Å². The van der Waals surface area contributed by atoms with E-state index < -0.39 is 12.3 Å². The highest BCUT2D eigenvalue weighted by atomic mass is 32.1. The van der Waals surface area contributed by atoms with Crippen LogP contribution in [0.4, 0.5) is 8.78 Å². The van der Waals surface area contributed by atoms with E-state index in [0.717, 1.165) is 22.4 Å². The average Bonchev–Trinajstić information content (AvgIpc) is 3.18. The minimum absolute atomic E-state index is 0.156. The van der Waals surface area contributed by atoms with Crippen LogP contribution in [0, 0.1) is 12.7 Å². The molecule has 5 heteroatoms. The lowest BCUT2D eigenvalue weighted by Crippen LogP contribution is -2.31. The Morgan fingerprint density at radius 3 is 2.62 bits per heavy atom. The van der Waals surface area contributed by atoms with E-state index >= 15 is 0 Å². The zero-order valence-corrected chi connectivity index (χ0v) is 17.1. The Labute approximate surface area is 173 Å². The molecule has 152 valence electrons. The summed E-state index contributed by atoms with van der Waals surface area (Å²) in [5, 5.41) is 9.37. The number of aliphatic hydroxyl groups is 1. The first-order valence-electron chi connectivity index (χ1n) is 9.86. The van der Waals surface area contributed by atoms with Crippen molar-refractivity contribution in [2.75, 3.05) is 6.61 Å². The number of hydrogen-bond acceptors (Lipinski definition) is 3. The summed E-state index contributed by atoms with van der Waals surface area (Å²) in [6, 6.07) is 16.9. The number of benzene rings is 2. The fourth-order valence-corrected chi connectivity index (χ4v) is 4.84. The predicted molar refractivity (Wildman–Crippen MR) is 113 cm³/mol. The van der Waals surface area contributed by atoms with Crippen LogP contribution in [0.3, 0.4) is 0 Å². The molecule has 2 nitrogen and oxygen atoms in total. The van der Waals surface area contributed by atoms with Crippen LogP contribution in [0.15, 0.2) is 54.6 Å². The molecule has 3 atom stereocenters. The van der Waals surface area contributed by atoms with Gasteiger partial charge in [0.15, 0.2) is 0 Å². The number of ether oxygens (including phenoxy) is 1. The minimum Gasteiger partial charge on any atom is -0.394 e. The second kappa shape index (κ2) is 8.74. The number of aryl methyl sites for hydroxylation is 1. The average molecular weight is 415 g/mol. The fraction of sp³-hybridized carbons (Fsp3) is 0.333. The number of hydrogen-bond donors (Lipinski definition) is 1. The maximum absolute atomic E-state index is 14.1. The SMILES string of the molecule is Cc1ccc([C@H]2C[C@@H](F)C[C@@H](CO)O2)cc1Cc1ccc(-c2ccc(F)cc2)s1. The summed E-state index contributed by atoms with van der Waals surface area (Å²) in [6.45, 7) is 1.92. The highest BCUT2D eigenvalue weighted by Crippen LogP contribution is 2.35. The van der Waals surface area contributed by atoms with Gasteiger partial charge in [0.1, 0.15) is 12.0 Å². The van der Waals surface area contributed by atoms with Crippen molar-refractivity contribution < 1.29 is 18.6 Å². The second-order valence-electron chi connectivity index (χ2n) is 7.63. The lowest BCUT2D eigenvalue weighted by Gasteiger charge is -2.31. The van der Waals surface area contributed by atoms with Crippen molar-refractivity contribution in [1.82, 2.24) is 0 Å². The molecular weight excluding hydrogens is 390 g/mol. The van der Waals surface area contributed by atoms with Crippen LogP contribution in [-0.4, -0.2) is 24.0 Å². The summed E-state index contributed by atoms with van der Waals surface area (Å²) in [4.78, 5) is 2.32. The molecule has 1 fully saturated rings. The smallest absolute Gasteiger partial charge is 0.123 e. The van der Waals surface area contributed by atoms with Gasteiger partial charge in [-0.3, -0.25) is 0 Å². The van der Waals surface area contributed by atoms with E-state index in [9.17, 15) is 13.9 Å². The highest BCUT2D eigenvalue weighted by molar-refractivity contribution is 7.15. The summed E-state index contributed by atoms with van der Waals surface area (Å²) in [5.41, 5.74) is 4.33. The van der Waals surface area contributed by atoms with Crippen molar-refractivity contribution in [3.63, 3.8) is 0 Å². The molecule has 1 aliphatic heterocycles. The lowest BCUT2D eigenvalue weighted by atomic mass is 9.93. The summed E-state index contributed by atoms with van der Waals surface area (Å²) >= 11 is 1.69. The van der Waals surface area contributed by atoms with Crippen molar-refractivity contribution in [3.05, 3.63) is 82.0 Å². The molecule has 1 aliphatic rings. The molecule has 3 aromatic rings. The van der Waals surface area contributed by atoms with Gasteiger partial charge in [-0.25, -0.2) is 8.78 Å². The van der Waals surface area contributed by atoms with E-state index in [-0.39, 0.29) is 24.9 Å². The van der Waals surface area contributed by atoms with Crippen LogP contribution in [0.1, 0.15) is 40.5 Å². The summed E-state index contributed by atoms with van der Waals surface area (Å²) in [7, 11) is 0. The normalized spacial score (nSPS) is 22.0. The Balaban J connectivity index is 1.53. The molecule has 0 saturated carbocycles. The number of halogens is 2. The van der Waals surface area contributed by atoms with Gasteiger partial charge < -0.3 is 9.84 Å². The molecule has 29 heavy (non-hydrogen) atoms. The summed E-state index contributed by atoms with van der Waals surface area (Å²) in [5.74, 6) is -0.234. The Morgan fingerprint density at radius 2 is 1.86 bits per heavy atom. The Morgan fingerprint density at radius 1 is 1.07 bits per heavy atom. The third-order valence-corrected chi connectivity index (χ3v) is 6.58. The fourth-order valence-electron chi connectivity index (χ4n) is 3.80. The summed E-state index contributed by atoms with van der Waals surface area (Å²) < 4.78 is 33.1. The largest absolute Gasteiger partial charge is 0.394 e. The summed E-state index contributed by atoms with van der Waals surface area (Å²) in [6.07, 6.45) is -0.357. The van der Waals surface area contributed by atoms with Crippen LogP contribution in [0.5, 0.6) is 0 Å². The zero-order chi connectivity index (χ0) is 20.4. The molecule has 0 radical (unpaired) electrons. The van der Waals surface area contributed by atoms with Gasteiger partial charge in [-0.1, -0.05) is 30.3 Å². The van der Waals surface area contributed by atoms with Gasteiger partial charge in [0, 0.05) is 29.0 Å². The zero-order valence-electron chi connectivity index (χ0n) is 16.3. The minimum atomic E-state index is -0.953. The van der Waals surface area contributed by atoms with Crippen molar-refractivity contribution >= 4 is 11.3 Å². The number of thiophene rings is 1. The van der Waals surface area contributed by atoms with Crippen LogP contribution in [0.25, 0.3) is 10.4 Å². The van der Waals surface area contributed by atoms with Crippen LogP contribution in [-0.2, 0) is 11.2 Å². The van der Waals surface area contributed by atoms with Gasteiger partial charge in [-0.05, 0) is 53.4 Å². The van der Waals surface area contributed by atoms with Crippen LogP contribution in [0.2, 0.25) is 0 Å². The molecule has 0 spiro atoms. The molecule has 1 saturated heterocycles. The quantitative estimate of drug-likeness (QED) is 0.554. The molecule has 0 unspecified atom stereocenters. The van der Waals surface area contributed by atoms with E-state index in [1.54, 1.807) is 23.5 Å². The highest BCUT2D eigenvalue weighted by Gasteiger charge is 2.30. The van der Waals surface area contributed by atoms with Gasteiger partial charge in [0.05, 0.1) is 18.8 Å². The maximum Gasteiger partial charge on any atom is 0.123 e. The van der Waals surface area contributed by atoms with Gasteiger partial charge in [-0.2, -0.15) is 0 Å². The molecule has 0 aliphatic carbocycles. The molecule has 0 bridgehead atoms.